The van der Waals surface area contributed by atoms with Crippen LogP contribution in [0.15, 0.2) is 39.6 Å². The maximum Gasteiger partial charge on any atom is 0.173 e. The average Bonchev–Trinajstić information content (AvgIpc) is 2.77. The van der Waals surface area contributed by atoms with Gasteiger partial charge in [0.1, 0.15) is 0 Å². The molecule has 0 aliphatic heterocycles. The number of benzene rings is 1. The van der Waals surface area contributed by atoms with Crippen LogP contribution in [0, 0.1) is 0 Å². The smallest absolute Gasteiger partial charge is 0.173 e. The highest BCUT2D eigenvalue weighted by Crippen LogP contribution is 2.29. The summed E-state index contributed by atoms with van der Waals surface area (Å²) < 4.78 is 5.87. The second-order valence-electron chi connectivity index (χ2n) is 3.82. The van der Waals surface area contributed by atoms with Gasteiger partial charge in [-0.1, -0.05) is 29.3 Å². The summed E-state index contributed by atoms with van der Waals surface area (Å²) in [6.07, 6.45) is 2.30. The third kappa shape index (κ3) is 3.08. The van der Waals surface area contributed by atoms with E-state index in [-0.39, 0.29) is 6.04 Å². The van der Waals surface area contributed by atoms with Crippen molar-refractivity contribution in [3.05, 3.63) is 56.4 Å². The molecular formula is C12H11BrCl2N2O. The second-order valence-corrected chi connectivity index (χ2v) is 5.36. The summed E-state index contributed by atoms with van der Waals surface area (Å²) in [5, 5.41) is 1.08. The molecular weight excluding hydrogens is 339 g/mol. The summed E-state index contributed by atoms with van der Waals surface area (Å²) in [5.41, 5.74) is 4.77. The fourth-order valence-electron chi connectivity index (χ4n) is 1.71. The molecule has 0 aliphatic carbocycles. The molecule has 0 bridgehead atoms. The molecule has 1 atom stereocenters. The first-order valence-corrected chi connectivity index (χ1v) is 6.79. The van der Waals surface area contributed by atoms with Gasteiger partial charge < -0.3 is 4.42 Å². The minimum absolute atomic E-state index is 0.0598. The van der Waals surface area contributed by atoms with Crippen molar-refractivity contribution in [1.29, 1.82) is 0 Å². The lowest BCUT2D eigenvalue weighted by Crippen LogP contribution is -2.29. The Bertz CT molecular complexity index is 545. The maximum atomic E-state index is 5.99. The van der Waals surface area contributed by atoms with Gasteiger partial charge in [0.2, 0.25) is 0 Å². The van der Waals surface area contributed by atoms with Crippen LogP contribution in [-0.4, -0.2) is 0 Å². The molecule has 0 fully saturated rings. The fourth-order valence-corrected chi connectivity index (χ4v) is 2.55. The molecule has 0 aliphatic rings. The molecule has 1 unspecified atom stereocenters. The SMILES string of the molecule is NNC(Cc1ccc(Cl)c(Cl)c1)c1ccoc1Br. The van der Waals surface area contributed by atoms with E-state index in [4.69, 9.17) is 33.5 Å². The van der Waals surface area contributed by atoms with Gasteiger partial charge in [0, 0.05) is 5.56 Å². The number of rotatable bonds is 4. The molecule has 0 saturated heterocycles. The van der Waals surface area contributed by atoms with Crippen molar-refractivity contribution in [2.75, 3.05) is 0 Å². The summed E-state index contributed by atoms with van der Waals surface area (Å²) in [4.78, 5) is 0. The van der Waals surface area contributed by atoms with E-state index < -0.39 is 0 Å². The topological polar surface area (TPSA) is 51.2 Å². The van der Waals surface area contributed by atoms with Crippen LogP contribution in [0.2, 0.25) is 10.0 Å². The number of furan rings is 1. The monoisotopic (exact) mass is 348 g/mol. The van der Waals surface area contributed by atoms with Gasteiger partial charge >= 0.3 is 0 Å². The first kappa shape index (κ1) is 13.9. The van der Waals surface area contributed by atoms with E-state index in [1.807, 2.05) is 18.2 Å². The molecule has 1 heterocycles. The number of hydrazine groups is 1. The van der Waals surface area contributed by atoms with E-state index in [1.165, 1.54) is 0 Å². The maximum absolute atomic E-state index is 5.99. The van der Waals surface area contributed by atoms with Crippen molar-refractivity contribution in [2.45, 2.75) is 12.5 Å². The highest BCUT2D eigenvalue weighted by atomic mass is 79.9. The molecule has 96 valence electrons. The number of halogens is 3. The lowest BCUT2D eigenvalue weighted by Gasteiger charge is -2.15. The summed E-state index contributed by atoms with van der Waals surface area (Å²) in [6.45, 7) is 0. The molecule has 2 rings (SSSR count). The molecule has 3 N–H and O–H groups in total. The van der Waals surface area contributed by atoms with Gasteiger partial charge in [-0.2, -0.15) is 0 Å². The van der Waals surface area contributed by atoms with Crippen molar-refractivity contribution in [3.8, 4) is 0 Å². The Morgan fingerprint density at radius 2 is 2.06 bits per heavy atom. The van der Waals surface area contributed by atoms with Crippen LogP contribution in [0.1, 0.15) is 17.2 Å². The van der Waals surface area contributed by atoms with E-state index in [0.29, 0.717) is 21.1 Å². The number of nitrogens with two attached hydrogens (primary N) is 1. The summed E-state index contributed by atoms with van der Waals surface area (Å²) >= 11 is 15.2. The molecule has 1 aromatic heterocycles. The third-order valence-electron chi connectivity index (χ3n) is 2.65. The van der Waals surface area contributed by atoms with E-state index in [0.717, 1.165) is 11.1 Å². The first-order chi connectivity index (χ1) is 8.61. The van der Waals surface area contributed by atoms with Gasteiger partial charge in [0.05, 0.1) is 22.4 Å². The quantitative estimate of drug-likeness (QED) is 0.645. The minimum atomic E-state index is -0.0598. The van der Waals surface area contributed by atoms with Crippen molar-refractivity contribution < 1.29 is 4.42 Å². The van der Waals surface area contributed by atoms with Crippen LogP contribution in [-0.2, 0) is 6.42 Å². The Morgan fingerprint density at radius 1 is 1.28 bits per heavy atom. The van der Waals surface area contributed by atoms with Gasteiger partial charge in [-0.3, -0.25) is 11.3 Å². The average molecular weight is 350 g/mol. The van der Waals surface area contributed by atoms with Crippen LogP contribution in [0.5, 0.6) is 0 Å². The lowest BCUT2D eigenvalue weighted by molar-refractivity contribution is 0.507. The van der Waals surface area contributed by atoms with Crippen LogP contribution >= 0.6 is 39.1 Å². The first-order valence-electron chi connectivity index (χ1n) is 5.24. The van der Waals surface area contributed by atoms with E-state index in [9.17, 15) is 0 Å². The molecule has 18 heavy (non-hydrogen) atoms. The van der Waals surface area contributed by atoms with Crippen molar-refractivity contribution in [1.82, 2.24) is 5.43 Å². The number of nitrogens with one attached hydrogen (secondary N) is 1. The molecule has 1 aromatic carbocycles. The fraction of sp³-hybridized carbons (Fsp3) is 0.167. The lowest BCUT2D eigenvalue weighted by atomic mass is 10.0. The van der Waals surface area contributed by atoms with Gasteiger partial charge in [0.25, 0.3) is 0 Å². The summed E-state index contributed by atoms with van der Waals surface area (Å²) in [7, 11) is 0. The zero-order valence-electron chi connectivity index (χ0n) is 9.29. The standard InChI is InChI=1S/C12H11BrCl2N2O/c13-12-8(3-4-18-12)11(17-16)6-7-1-2-9(14)10(15)5-7/h1-5,11,17H,6,16H2. The molecule has 3 nitrogen and oxygen atoms in total. The van der Waals surface area contributed by atoms with Crippen LogP contribution in [0.4, 0.5) is 0 Å². The highest BCUT2D eigenvalue weighted by Gasteiger charge is 2.16. The molecule has 0 saturated carbocycles. The number of hydrogen-bond acceptors (Lipinski definition) is 3. The third-order valence-corrected chi connectivity index (χ3v) is 4.03. The summed E-state index contributed by atoms with van der Waals surface area (Å²) in [6, 6.07) is 7.34. The zero-order chi connectivity index (χ0) is 13.1. The minimum Gasteiger partial charge on any atom is -0.457 e. The van der Waals surface area contributed by atoms with Gasteiger partial charge in [-0.25, -0.2) is 0 Å². The zero-order valence-corrected chi connectivity index (χ0v) is 12.4. The molecule has 6 heteroatoms. The van der Waals surface area contributed by atoms with E-state index in [2.05, 4.69) is 21.4 Å². The predicted octanol–water partition coefficient (Wildman–Crippen LogP) is 4.10. The van der Waals surface area contributed by atoms with Crippen molar-refractivity contribution >= 4 is 39.1 Å². The normalized spacial score (nSPS) is 12.7. The van der Waals surface area contributed by atoms with Crippen molar-refractivity contribution in [2.24, 2.45) is 5.84 Å². The van der Waals surface area contributed by atoms with Crippen LogP contribution in [0.25, 0.3) is 0 Å². The van der Waals surface area contributed by atoms with Gasteiger partial charge in [-0.05, 0) is 46.1 Å². The molecule has 0 spiro atoms. The van der Waals surface area contributed by atoms with Crippen LogP contribution in [0.3, 0.4) is 0 Å². The Morgan fingerprint density at radius 3 is 2.61 bits per heavy atom. The number of hydrogen-bond donors (Lipinski definition) is 2. The van der Waals surface area contributed by atoms with E-state index in [1.54, 1.807) is 12.3 Å². The Kier molecular flexibility index (Phi) is 4.70. The molecule has 0 radical (unpaired) electrons. The second kappa shape index (κ2) is 6.08. The van der Waals surface area contributed by atoms with Crippen molar-refractivity contribution in [3.63, 3.8) is 0 Å². The molecule has 2 aromatic rings. The molecule has 0 amide bonds. The summed E-state index contributed by atoms with van der Waals surface area (Å²) in [5.74, 6) is 5.58. The van der Waals surface area contributed by atoms with E-state index >= 15 is 0 Å². The van der Waals surface area contributed by atoms with Gasteiger partial charge in [0.15, 0.2) is 4.67 Å². The van der Waals surface area contributed by atoms with Gasteiger partial charge in [-0.15, -0.1) is 0 Å². The highest BCUT2D eigenvalue weighted by molar-refractivity contribution is 9.10. The van der Waals surface area contributed by atoms with Crippen LogP contribution < -0.4 is 11.3 Å². The Balaban J connectivity index is 2.20. The Labute approximate surface area is 123 Å². The largest absolute Gasteiger partial charge is 0.457 e. The Hall–Kier alpha value is -0.520. The predicted molar refractivity (Wildman–Crippen MR) is 76.6 cm³/mol.